The number of alkyl carbamates (subject to hydrolysis) is 1. The van der Waals surface area contributed by atoms with E-state index in [0.29, 0.717) is 33.4 Å². The molecule has 220 valence electrons. The number of hydrogen-bond acceptors (Lipinski definition) is 7. The third-order valence-electron chi connectivity index (χ3n) is 6.63. The predicted octanol–water partition coefficient (Wildman–Crippen LogP) is 6.48. The van der Waals surface area contributed by atoms with E-state index in [1.54, 1.807) is 67.5 Å². The van der Waals surface area contributed by atoms with Gasteiger partial charge in [0.05, 0.1) is 18.5 Å². The van der Waals surface area contributed by atoms with Gasteiger partial charge in [0.2, 0.25) is 11.8 Å². The molecule has 3 amide bonds. The third kappa shape index (κ3) is 7.49. The van der Waals surface area contributed by atoms with Gasteiger partial charge in [0.1, 0.15) is 29.5 Å². The lowest BCUT2D eigenvalue weighted by molar-refractivity contribution is -0.126. The Morgan fingerprint density at radius 1 is 1.07 bits per heavy atom. The summed E-state index contributed by atoms with van der Waals surface area (Å²) >= 11 is 1.29. The van der Waals surface area contributed by atoms with Gasteiger partial charge in [0, 0.05) is 5.69 Å². The van der Waals surface area contributed by atoms with Crippen LogP contribution < -0.4 is 10.6 Å². The van der Waals surface area contributed by atoms with Gasteiger partial charge in [-0.2, -0.15) is 0 Å². The number of benzene rings is 3. The molecular formula is C32H29FN4O5S. The zero-order valence-corrected chi connectivity index (χ0v) is 24.3. The molecule has 0 aliphatic carbocycles. The summed E-state index contributed by atoms with van der Waals surface area (Å²) < 4.78 is 24.3. The lowest BCUT2D eigenvalue weighted by Gasteiger charge is -2.16. The number of carbonyl (C=O) groups is 3. The molecule has 0 spiro atoms. The monoisotopic (exact) mass is 600 g/mol. The number of nitrogens with zero attached hydrogens (tertiary/aromatic N) is 2. The van der Waals surface area contributed by atoms with Crippen molar-refractivity contribution in [1.29, 1.82) is 0 Å². The minimum Gasteiger partial charge on any atom is -0.467 e. The number of aryl methyl sites for hydroxylation is 1. The predicted molar refractivity (Wildman–Crippen MR) is 162 cm³/mol. The van der Waals surface area contributed by atoms with E-state index in [0.717, 1.165) is 5.56 Å². The fourth-order valence-electron chi connectivity index (χ4n) is 4.30. The fourth-order valence-corrected chi connectivity index (χ4v) is 5.47. The summed E-state index contributed by atoms with van der Waals surface area (Å²) in [6.07, 6.45) is 0.837. The number of thioether (sulfide) groups is 1. The van der Waals surface area contributed by atoms with Crippen molar-refractivity contribution in [3.8, 4) is 0 Å². The van der Waals surface area contributed by atoms with Crippen LogP contribution in [0.3, 0.4) is 0 Å². The molecule has 1 aromatic heterocycles. The van der Waals surface area contributed by atoms with Gasteiger partial charge in [-0.3, -0.25) is 14.5 Å². The zero-order chi connectivity index (χ0) is 30.3. The number of nitrogens with one attached hydrogen (secondary N) is 2. The number of aliphatic imine (C=N–C) groups is 1. The number of amides is 3. The van der Waals surface area contributed by atoms with Crippen molar-refractivity contribution in [3.63, 3.8) is 0 Å². The molecule has 4 aromatic rings. The highest BCUT2D eigenvalue weighted by Gasteiger charge is 2.39. The van der Waals surface area contributed by atoms with E-state index < -0.39 is 23.3 Å². The molecule has 0 radical (unpaired) electrons. The smallest absolute Gasteiger partial charge is 0.408 e. The van der Waals surface area contributed by atoms with Crippen molar-refractivity contribution in [2.24, 2.45) is 4.99 Å². The largest absolute Gasteiger partial charge is 0.467 e. The summed E-state index contributed by atoms with van der Waals surface area (Å²) in [6.45, 7) is 3.60. The normalized spacial score (nSPS) is 16.3. The number of furan rings is 1. The highest BCUT2D eigenvalue weighted by atomic mass is 32.2. The Morgan fingerprint density at radius 2 is 1.84 bits per heavy atom. The first-order valence-electron chi connectivity index (χ1n) is 13.5. The van der Waals surface area contributed by atoms with Crippen molar-refractivity contribution in [2.45, 2.75) is 38.3 Å². The maximum atomic E-state index is 13.7. The number of ether oxygens (including phenoxy) is 1. The Morgan fingerprint density at radius 3 is 2.53 bits per heavy atom. The van der Waals surface area contributed by atoms with Gasteiger partial charge in [-0.25, -0.2) is 14.2 Å². The molecule has 11 heteroatoms. The van der Waals surface area contributed by atoms with Crippen molar-refractivity contribution in [2.75, 3.05) is 5.32 Å². The topological polar surface area (TPSA) is 113 Å². The van der Waals surface area contributed by atoms with Gasteiger partial charge in [0.25, 0.3) is 0 Å². The summed E-state index contributed by atoms with van der Waals surface area (Å²) in [7, 11) is 0. The fraction of sp³-hybridized carbons (Fsp3) is 0.188. The van der Waals surface area contributed by atoms with Crippen LogP contribution in [0.25, 0.3) is 0 Å². The van der Waals surface area contributed by atoms with Crippen LogP contribution in [-0.4, -0.2) is 34.0 Å². The molecule has 0 saturated carbocycles. The van der Waals surface area contributed by atoms with Gasteiger partial charge in [-0.15, -0.1) is 0 Å². The van der Waals surface area contributed by atoms with Crippen LogP contribution in [0.4, 0.5) is 20.6 Å². The first-order valence-corrected chi connectivity index (χ1v) is 14.4. The summed E-state index contributed by atoms with van der Waals surface area (Å²) in [5, 5.41) is 5.17. The summed E-state index contributed by atoms with van der Waals surface area (Å²) in [5.41, 5.74) is 3.26. The van der Waals surface area contributed by atoms with Crippen LogP contribution in [0.1, 0.15) is 34.6 Å². The summed E-state index contributed by atoms with van der Waals surface area (Å²) in [4.78, 5) is 44.6. The second kappa shape index (κ2) is 13.4. The van der Waals surface area contributed by atoms with E-state index in [1.807, 2.05) is 30.3 Å². The molecule has 0 bridgehead atoms. The standard InChI is InChI=1S/C32H29FN4O5S/c1-20-17-24(33)12-15-27(20)36-31-37(18-26-9-6-16-41-26)30(39)28(43-31)23-10-13-25(14-11-23)35-29(38)21(2)34-32(40)42-19-22-7-4-3-5-8-22/h3-17,21,28H,18-19H2,1-2H3,(H,34,40)(H,35,38)/b36-31-/t21-,28?/m0/s1. The number of anilines is 1. The molecule has 43 heavy (non-hydrogen) atoms. The number of rotatable bonds is 9. The first-order chi connectivity index (χ1) is 20.8. The average Bonchev–Trinajstić information content (AvgIpc) is 3.62. The Balaban J connectivity index is 1.24. The van der Waals surface area contributed by atoms with E-state index in [2.05, 4.69) is 10.6 Å². The van der Waals surface area contributed by atoms with Crippen LogP contribution in [0, 0.1) is 12.7 Å². The lowest BCUT2D eigenvalue weighted by atomic mass is 10.1. The minimum absolute atomic E-state index is 0.0925. The molecule has 1 saturated heterocycles. The second-order valence-corrected chi connectivity index (χ2v) is 10.9. The SMILES string of the molecule is Cc1cc(F)ccc1/N=C1\SC(c2ccc(NC(=O)[C@H](C)NC(=O)OCc3ccccc3)cc2)C(=O)N1Cc1ccco1. The average molecular weight is 601 g/mol. The van der Waals surface area contributed by atoms with Gasteiger partial charge in [-0.05, 0) is 73.0 Å². The molecule has 1 aliphatic heterocycles. The Hall–Kier alpha value is -4.90. The number of halogens is 1. The molecular weight excluding hydrogens is 571 g/mol. The molecule has 1 aliphatic rings. The van der Waals surface area contributed by atoms with Crippen LogP contribution in [0.2, 0.25) is 0 Å². The molecule has 1 unspecified atom stereocenters. The molecule has 2 N–H and O–H groups in total. The maximum Gasteiger partial charge on any atom is 0.408 e. The van der Waals surface area contributed by atoms with Crippen LogP contribution in [-0.2, 0) is 27.5 Å². The quantitative estimate of drug-likeness (QED) is 0.227. The van der Waals surface area contributed by atoms with Crippen molar-refractivity contribution in [3.05, 3.63) is 119 Å². The molecule has 1 fully saturated rings. The highest BCUT2D eigenvalue weighted by Crippen LogP contribution is 2.41. The molecule has 2 atom stereocenters. The van der Waals surface area contributed by atoms with Crippen molar-refractivity contribution in [1.82, 2.24) is 10.2 Å². The minimum atomic E-state index is -0.848. The number of amidine groups is 1. The van der Waals surface area contributed by atoms with Crippen LogP contribution in [0.5, 0.6) is 0 Å². The van der Waals surface area contributed by atoms with Crippen LogP contribution in [0.15, 0.2) is 101 Å². The van der Waals surface area contributed by atoms with E-state index in [9.17, 15) is 18.8 Å². The molecule has 2 heterocycles. The van der Waals surface area contributed by atoms with Gasteiger partial charge in [0.15, 0.2) is 5.17 Å². The second-order valence-electron chi connectivity index (χ2n) is 9.87. The molecule has 3 aromatic carbocycles. The molecule has 9 nitrogen and oxygen atoms in total. The third-order valence-corrected chi connectivity index (χ3v) is 7.87. The lowest BCUT2D eigenvalue weighted by Crippen LogP contribution is -2.41. The Kier molecular flexibility index (Phi) is 9.21. The van der Waals surface area contributed by atoms with Crippen molar-refractivity contribution < 1.29 is 27.9 Å². The van der Waals surface area contributed by atoms with E-state index in [-0.39, 0.29) is 24.9 Å². The van der Waals surface area contributed by atoms with E-state index in [1.165, 1.54) is 23.9 Å². The van der Waals surface area contributed by atoms with E-state index >= 15 is 0 Å². The Labute approximate surface area is 252 Å². The van der Waals surface area contributed by atoms with Crippen molar-refractivity contribution >= 4 is 46.2 Å². The van der Waals surface area contributed by atoms with Gasteiger partial charge in [-0.1, -0.05) is 54.2 Å². The maximum absolute atomic E-state index is 13.7. The first kappa shape index (κ1) is 29.6. The number of hydrogen-bond donors (Lipinski definition) is 2. The summed E-state index contributed by atoms with van der Waals surface area (Å²) in [5.74, 6) is -0.363. The summed E-state index contributed by atoms with van der Waals surface area (Å²) in [6, 6.07) is 23.1. The highest BCUT2D eigenvalue weighted by molar-refractivity contribution is 8.15. The van der Waals surface area contributed by atoms with Gasteiger partial charge < -0.3 is 19.8 Å². The zero-order valence-electron chi connectivity index (χ0n) is 23.5. The molecule has 5 rings (SSSR count). The van der Waals surface area contributed by atoms with Gasteiger partial charge >= 0.3 is 6.09 Å². The number of carbonyl (C=O) groups excluding carboxylic acids is 3. The Bertz CT molecular complexity index is 1630. The van der Waals surface area contributed by atoms with Crippen LogP contribution >= 0.6 is 11.8 Å². The van der Waals surface area contributed by atoms with E-state index in [4.69, 9.17) is 14.1 Å².